The van der Waals surface area contributed by atoms with Crippen molar-refractivity contribution < 1.29 is 0 Å². The van der Waals surface area contributed by atoms with E-state index in [0.29, 0.717) is 11.5 Å². The van der Waals surface area contributed by atoms with E-state index < -0.39 is 0 Å². The summed E-state index contributed by atoms with van der Waals surface area (Å²) in [5.74, 6) is 3.39. The molecule has 3 heteroatoms. The molecule has 1 aromatic rings. The average Bonchev–Trinajstić information content (AvgIpc) is 2.90. The summed E-state index contributed by atoms with van der Waals surface area (Å²) in [4.78, 5) is 1.24. The van der Waals surface area contributed by atoms with Crippen LogP contribution in [-0.2, 0) is 5.41 Å². The van der Waals surface area contributed by atoms with Gasteiger partial charge in [0, 0.05) is 11.5 Å². The Bertz CT molecular complexity index is 827. The van der Waals surface area contributed by atoms with E-state index in [1.54, 1.807) is 5.56 Å². The first-order valence-electron chi connectivity index (χ1n) is 15.6. The lowest BCUT2D eigenvalue weighted by Crippen LogP contribution is -2.62. The molecule has 0 aliphatic heterocycles. The highest BCUT2D eigenvalue weighted by Crippen LogP contribution is 2.68. The molecule has 0 saturated heterocycles. The number of unbranched alkanes of at least 4 members (excludes halogenated alkanes) is 6. The van der Waals surface area contributed by atoms with E-state index in [1.165, 1.54) is 114 Å². The molecular formula is C33H52N2S. The van der Waals surface area contributed by atoms with Crippen LogP contribution in [0, 0.1) is 29.1 Å². The lowest BCUT2D eigenvalue weighted by atomic mass is 9.39. The molecule has 5 aliphatic carbocycles. The van der Waals surface area contributed by atoms with E-state index in [2.05, 4.69) is 42.6 Å². The van der Waals surface area contributed by atoms with Gasteiger partial charge in [-0.1, -0.05) is 94.4 Å². The molecule has 0 radical (unpaired) electrons. The average molecular weight is 509 g/mol. The third kappa shape index (κ3) is 5.58. The molecule has 5 saturated carbocycles. The second kappa shape index (κ2) is 11.9. The van der Waals surface area contributed by atoms with Crippen LogP contribution >= 0.6 is 12.2 Å². The molecule has 4 bridgehead atoms. The van der Waals surface area contributed by atoms with Crippen molar-refractivity contribution in [2.75, 3.05) is 6.54 Å². The summed E-state index contributed by atoms with van der Waals surface area (Å²) in [6.07, 6.45) is 23.3. The van der Waals surface area contributed by atoms with Crippen molar-refractivity contribution in [1.82, 2.24) is 5.32 Å². The van der Waals surface area contributed by atoms with Gasteiger partial charge < -0.3 is 11.1 Å². The molecule has 6 rings (SSSR count). The minimum Gasteiger partial charge on any atom is -0.376 e. The Morgan fingerprint density at radius 2 is 1.53 bits per heavy atom. The van der Waals surface area contributed by atoms with E-state index >= 15 is 0 Å². The molecule has 5 fully saturated rings. The Balaban J connectivity index is 1.26. The molecule has 0 spiro atoms. The fourth-order valence-corrected chi connectivity index (χ4v) is 9.74. The van der Waals surface area contributed by atoms with Gasteiger partial charge >= 0.3 is 0 Å². The van der Waals surface area contributed by atoms with Gasteiger partial charge in [0.15, 0.2) is 0 Å². The number of nitrogens with one attached hydrogen (secondary N) is 1. The molecule has 200 valence electrons. The highest BCUT2D eigenvalue weighted by molar-refractivity contribution is 7.80. The highest BCUT2D eigenvalue weighted by atomic mass is 32.1. The third-order valence-corrected chi connectivity index (χ3v) is 11.6. The van der Waals surface area contributed by atoms with Crippen molar-refractivity contribution in [3.05, 3.63) is 35.9 Å². The van der Waals surface area contributed by atoms with Crippen LogP contribution in [0.5, 0.6) is 0 Å². The summed E-state index contributed by atoms with van der Waals surface area (Å²) >= 11 is 6.34. The van der Waals surface area contributed by atoms with Gasteiger partial charge in [0.2, 0.25) is 0 Å². The van der Waals surface area contributed by atoms with Crippen LogP contribution < -0.4 is 11.1 Å². The Morgan fingerprint density at radius 3 is 2.17 bits per heavy atom. The molecule has 36 heavy (non-hydrogen) atoms. The zero-order chi connectivity index (χ0) is 25.0. The van der Waals surface area contributed by atoms with Crippen LogP contribution in [0.15, 0.2) is 30.3 Å². The number of hydrogen-bond donors (Lipinski definition) is 2. The molecule has 0 aromatic heterocycles. The van der Waals surface area contributed by atoms with Crippen LogP contribution in [0.1, 0.15) is 122 Å². The standard InChI is InChI=1S/C33H52N2S/c1-2-3-4-5-6-7-11-14-30-26-19-32(28-12-9-8-10-13-28)20-27(30)22-33(21-26,24-32)31(36)35-29-17-15-25(23-34)16-18-29/h8-10,12-13,25-27,29-30H,2-7,11,14-24,34H2,1H3,(H,35,36)/t25-,26?,27?,29-,30?,32?,33?. The first-order valence-corrected chi connectivity index (χ1v) is 16.0. The van der Waals surface area contributed by atoms with E-state index in [0.717, 1.165) is 30.2 Å². The summed E-state index contributed by atoms with van der Waals surface area (Å²) in [5, 5.41) is 3.97. The fourth-order valence-electron chi connectivity index (χ4n) is 9.33. The minimum atomic E-state index is 0.235. The normalized spacial score (nSPS) is 37.2. The highest BCUT2D eigenvalue weighted by Gasteiger charge is 2.62. The largest absolute Gasteiger partial charge is 0.376 e. The number of rotatable bonds is 12. The quantitative estimate of drug-likeness (QED) is 0.220. The van der Waals surface area contributed by atoms with Crippen molar-refractivity contribution in [2.24, 2.45) is 34.8 Å². The van der Waals surface area contributed by atoms with Gasteiger partial charge in [-0.25, -0.2) is 0 Å². The van der Waals surface area contributed by atoms with Gasteiger partial charge in [0.25, 0.3) is 0 Å². The Kier molecular flexibility index (Phi) is 8.78. The molecule has 2 nitrogen and oxygen atoms in total. The Morgan fingerprint density at radius 1 is 0.889 bits per heavy atom. The molecule has 3 N–H and O–H groups in total. The van der Waals surface area contributed by atoms with Gasteiger partial charge in [-0.3, -0.25) is 0 Å². The summed E-state index contributed by atoms with van der Waals surface area (Å²) in [5.41, 5.74) is 8.15. The maximum Gasteiger partial charge on any atom is 0.0818 e. The smallest absolute Gasteiger partial charge is 0.0818 e. The first-order chi connectivity index (χ1) is 17.6. The predicted octanol–water partition coefficient (Wildman–Crippen LogP) is 8.33. The third-order valence-electron chi connectivity index (χ3n) is 11.0. The monoisotopic (exact) mass is 508 g/mol. The summed E-state index contributed by atoms with van der Waals surface area (Å²) in [6, 6.07) is 12.1. The predicted molar refractivity (Wildman–Crippen MR) is 157 cm³/mol. The SMILES string of the molecule is CCCCCCCCCC1C2CC3(C(=S)N[C@H]4CC[C@H](CN)CC4)CC1CC(c1ccccc1)(C2)C3. The van der Waals surface area contributed by atoms with Crippen LogP contribution in [-0.4, -0.2) is 17.6 Å². The zero-order valence-electron chi connectivity index (χ0n) is 23.0. The van der Waals surface area contributed by atoms with Crippen molar-refractivity contribution in [2.45, 2.75) is 128 Å². The molecule has 0 amide bonds. The zero-order valence-corrected chi connectivity index (χ0v) is 23.8. The number of hydrogen-bond acceptors (Lipinski definition) is 2. The van der Waals surface area contributed by atoms with Gasteiger partial charge in [-0.2, -0.15) is 0 Å². The van der Waals surface area contributed by atoms with Crippen molar-refractivity contribution in [1.29, 1.82) is 0 Å². The molecule has 2 atom stereocenters. The van der Waals surface area contributed by atoms with E-state index in [4.69, 9.17) is 18.0 Å². The molecular weight excluding hydrogens is 456 g/mol. The fraction of sp³-hybridized carbons (Fsp3) is 0.788. The maximum atomic E-state index is 6.34. The van der Waals surface area contributed by atoms with E-state index in [-0.39, 0.29) is 5.41 Å². The van der Waals surface area contributed by atoms with Gasteiger partial charge in [0.1, 0.15) is 0 Å². The number of thiocarbonyl (C=S) groups is 1. The van der Waals surface area contributed by atoms with Gasteiger partial charge in [0.05, 0.1) is 4.99 Å². The molecule has 1 aromatic carbocycles. The number of nitrogens with two attached hydrogens (primary N) is 1. The van der Waals surface area contributed by atoms with Crippen molar-refractivity contribution in [3.63, 3.8) is 0 Å². The van der Waals surface area contributed by atoms with Crippen molar-refractivity contribution in [3.8, 4) is 0 Å². The summed E-state index contributed by atoms with van der Waals surface area (Å²) in [7, 11) is 0. The summed E-state index contributed by atoms with van der Waals surface area (Å²) < 4.78 is 0. The summed E-state index contributed by atoms with van der Waals surface area (Å²) in [6.45, 7) is 3.17. The van der Waals surface area contributed by atoms with Gasteiger partial charge in [-0.15, -0.1) is 0 Å². The van der Waals surface area contributed by atoms with E-state index in [9.17, 15) is 0 Å². The topological polar surface area (TPSA) is 38.0 Å². The Hall–Kier alpha value is -0.930. The van der Waals surface area contributed by atoms with Crippen LogP contribution in [0.3, 0.4) is 0 Å². The van der Waals surface area contributed by atoms with Crippen LogP contribution in [0.4, 0.5) is 0 Å². The Labute approximate surface area is 227 Å². The molecule has 2 unspecified atom stereocenters. The lowest BCUT2D eigenvalue weighted by Gasteiger charge is -2.65. The minimum absolute atomic E-state index is 0.235. The molecule has 0 heterocycles. The molecule has 5 aliphatic rings. The van der Waals surface area contributed by atoms with Crippen LogP contribution in [0.2, 0.25) is 0 Å². The van der Waals surface area contributed by atoms with Gasteiger partial charge in [-0.05, 0) is 105 Å². The van der Waals surface area contributed by atoms with Crippen LogP contribution in [0.25, 0.3) is 0 Å². The lowest BCUT2D eigenvalue weighted by molar-refractivity contribution is -0.0845. The second-order valence-corrected chi connectivity index (χ2v) is 13.8. The van der Waals surface area contributed by atoms with Crippen molar-refractivity contribution >= 4 is 17.2 Å². The number of benzene rings is 1. The second-order valence-electron chi connectivity index (χ2n) is 13.4. The first kappa shape index (κ1) is 26.7. The van der Waals surface area contributed by atoms with E-state index in [1.807, 2.05) is 0 Å². The maximum absolute atomic E-state index is 6.34.